The van der Waals surface area contributed by atoms with Crippen molar-refractivity contribution in [2.45, 2.75) is 33.7 Å². The van der Waals surface area contributed by atoms with E-state index < -0.39 is 11.9 Å². The van der Waals surface area contributed by atoms with Gasteiger partial charge in [0.1, 0.15) is 5.56 Å². The first-order chi connectivity index (χ1) is 11.4. The van der Waals surface area contributed by atoms with Crippen molar-refractivity contribution in [1.29, 1.82) is 0 Å². The van der Waals surface area contributed by atoms with Gasteiger partial charge in [0.2, 0.25) is 0 Å². The first kappa shape index (κ1) is 18.2. The van der Waals surface area contributed by atoms with E-state index in [4.69, 9.17) is 9.47 Å². The minimum atomic E-state index is -0.646. The summed E-state index contributed by atoms with van der Waals surface area (Å²) in [5.41, 5.74) is 2.67. The molecule has 0 radical (unpaired) electrons. The number of nitrogens with zero attached hydrogens (tertiary/aromatic N) is 2. The minimum absolute atomic E-state index is 0.00583. The Hall–Kier alpha value is -2.15. The lowest BCUT2D eigenvalue weighted by atomic mass is 10.0. The van der Waals surface area contributed by atoms with Crippen molar-refractivity contribution in [2.75, 3.05) is 14.2 Å². The van der Waals surface area contributed by atoms with Gasteiger partial charge in [-0.1, -0.05) is 13.8 Å². The monoisotopic (exact) mass is 350 g/mol. The standard InChI is InChI=1S/C17H22N2O4S/c1-10(2)6-7-19-15(12-9-24-8-11(12)3)13(16(20)22-4)14(18-19)17(21)23-5/h8-10H,6-7H2,1-5H3. The molecule has 0 saturated carbocycles. The van der Waals surface area contributed by atoms with E-state index in [9.17, 15) is 9.59 Å². The summed E-state index contributed by atoms with van der Waals surface area (Å²) < 4.78 is 11.4. The van der Waals surface area contributed by atoms with Crippen LogP contribution in [0.3, 0.4) is 0 Å². The summed E-state index contributed by atoms with van der Waals surface area (Å²) in [4.78, 5) is 24.5. The van der Waals surface area contributed by atoms with Gasteiger partial charge in [-0.25, -0.2) is 9.59 Å². The van der Waals surface area contributed by atoms with E-state index in [1.165, 1.54) is 25.6 Å². The van der Waals surface area contributed by atoms with Crippen molar-refractivity contribution in [3.05, 3.63) is 27.6 Å². The molecule has 0 saturated heterocycles. The van der Waals surface area contributed by atoms with Crippen molar-refractivity contribution in [3.8, 4) is 11.3 Å². The maximum atomic E-state index is 12.4. The Morgan fingerprint density at radius 3 is 2.38 bits per heavy atom. The van der Waals surface area contributed by atoms with Gasteiger partial charge < -0.3 is 9.47 Å². The third-order valence-electron chi connectivity index (χ3n) is 3.75. The van der Waals surface area contributed by atoms with Crippen LogP contribution in [0.15, 0.2) is 10.8 Å². The average molecular weight is 350 g/mol. The fourth-order valence-corrected chi connectivity index (χ4v) is 3.25. The molecular formula is C17H22N2O4S. The zero-order chi connectivity index (χ0) is 17.9. The third-order valence-corrected chi connectivity index (χ3v) is 4.61. The highest BCUT2D eigenvalue weighted by Crippen LogP contribution is 2.33. The van der Waals surface area contributed by atoms with E-state index in [2.05, 4.69) is 18.9 Å². The van der Waals surface area contributed by atoms with E-state index in [-0.39, 0.29) is 11.3 Å². The molecule has 6 nitrogen and oxygen atoms in total. The zero-order valence-electron chi connectivity index (χ0n) is 14.6. The Morgan fingerprint density at radius 2 is 1.88 bits per heavy atom. The second kappa shape index (κ2) is 7.61. The summed E-state index contributed by atoms with van der Waals surface area (Å²) in [6.07, 6.45) is 0.874. The van der Waals surface area contributed by atoms with Crippen LogP contribution in [0.4, 0.5) is 0 Å². The summed E-state index contributed by atoms with van der Waals surface area (Å²) in [5, 5.41) is 8.31. The van der Waals surface area contributed by atoms with Crippen LogP contribution >= 0.6 is 11.3 Å². The van der Waals surface area contributed by atoms with Gasteiger partial charge in [0.05, 0.1) is 19.9 Å². The fraction of sp³-hybridized carbons (Fsp3) is 0.471. The number of hydrogen-bond donors (Lipinski definition) is 0. The number of thiophene rings is 1. The lowest BCUT2D eigenvalue weighted by Crippen LogP contribution is -2.11. The molecule has 0 aliphatic carbocycles. The molecule has 0 atom stereocenters. The van der Waals surface area contributed by atoms with E-state index >= 15 is 0 Å². The third kappa shape index (κ3) is 3.51. The number of aromatic nitrogens is 2. The van der Waals surface area contributed by atoms with Gasteiger partial charge in [0.15, 0.2) is 5.69 Å². The molecule has 2 heterocycles. The molecule has 0 N–H and O–H groups in total. The summed E-state index contributed by atoms with van der Waals surface area (Å²) in [6.45, 7) is 6.79. The molecule has 0 aliphatic heterocycles. The van der Waals surface area contributed by atoms with Gasteiger partial charge in [0.25, 0.3) is 0 Å². The van der Waals surface area contributed by atoms with Crippen molar-refractivity contribution < 1.29 is 19.1 Å². The van der Waals surface area contributed by atoms with E-state index in [0.717, 1.165) is 17.5 Å². The number of carbonyl (C=O) groups excluding carboxylic acids is 2. The van der Waals surface area contributed by atoms with Crippen LogP contribution in [0.1, 0.15) is 46.7 Å². The molecule has 2 aromatic heterocycles. The second-order valence-electron chi connectivity index (χ2n) is 5.93. The molecule has 24 heavy (non-hydrogen) atoms. The molecule has 0 aromatic carbocycles. The van der Waals surface area contributed by atoms with E-state index in [0.29, 0.717) is 18.2 Å². The number of hydrogen-bond acceptors (Lipinski definition) is 6. The quantitative estimate of drug-likeness (QED) is 0.745. The molecule has 2 rings (SSSR count). The normalized spacial score (nSPS) is 10.9. The molecule has 0 aliphatic rings. The second-order valence-corrected chi connectivity index (χ2v) is 6.67. The predicted octanol–water partition coefficient (Wildman–Crippen LogP) is 3.54. The number of carbonyl (C=O) groups is 2. The van der Waals surface area contributed by atoms with Crippen molar-refractivity contribution >= 4 is 23.3 Å². The Balaban J connectivity index is 2.70. The van der Waals surface area contributed by atoms with Crippen LogP contribution in [0.2, 0.25) is 0 Å². The van der Waals surface area contributed by atoms with Crippen molar-refractivity contribution in [1.82, 2.24) is 9.78 Å². The van der Waals surface area contributed by atoms with Crippen LogP contribution < -0.4 is 0 Å². The number of rotatable bonds is 6. The van der Waals surface area contributed by atoms with Crippen LogP contribution in [0, 0.1) is 12.8 Å². The van der Waals surface area contributed by atoms with Crippen LogP contribution in [0.5, 0.6) is 0 Å². The lowest BCUT2D eigenvalue weighted by Gasteiger charge is -2.10. The Kier molecular flexibility index (Phi) is 5.77. The van der Waals surface area contributed by atoms with Crippen LogP contribution in [-0.2, 0) is 16.0 Å². The van der Waals surface area contributed by atoms with Crippen LogP contribution in [-0.4, -0.2) is 35.9 Å². The van der Waals surface area contributed by atoms with Crippen molar-refractivity contribution in [2.24, 2.45) is 5.92 Å². The molecule has 2 aromatic rings. The number of aryl methyl sites for hydroxylation is 2. The molecule has 0 fully saturated rings. The number of esters is 2. The van der Waals surface area contributed by atoms with Gasteiger partial charge in [-0.15, -0.1) is 0 Å². The van der Waals surface area contributed by atoms with Crippen molar-refractivity contribution in [3.63, 3.8) is 0 Å². The summed E-state index contributed by atoms with van der Waals surface area (Å²) in [6, 6.07) is 0. The lowest BCUT2D eigenvalue weighted by molar-refractivity contribution is 0.0552. The Morgan fingerprint density at radius 1 is 1.21 bits per heavy atom. The SMILES string of the molecule is COC(=O)c1nn(CCC(C)C)c(-c2cscc2C)c1C(=O)OC. The summed E-state index contributed by atoms with van der Waals surface area (Å²) in [5.74, 6) is -0.770. The molecule has 0 amide bonds. The molecule has 0 bridgehead atoms. The van der Waals surface area contributed by atoms with Gasteiger partial charge >= 0.3 is 11.9 Å². The molecule has 7 heteroatoms. The fourth-order valence-electron chi connectivity index (χ4n) is 2.42. The highest BCUT2D eigenvalue weighted by molar-refractivity contribution is 7.08. The minimum Gasteiger partial charge on any atom is -0.465 e. The predicted molar refractivity (Wildman–Crippen MR) is 92.4 cm³/mol. The summed E-state index contributed by atoms with van der Waals surface area (Å²) >= 11 is 1.54. The largest absolute Gasteiger partial charge is 0.465 e. The molecular weight excluding hydrogens is 328 g/mol. The maximum Gasteiger partial charge on any atom is 0.359 e. The van der Waals surface area contributed by atoms with Gasteiger partial charge in [-0.2, -0.15) is 16.4 Å². The van der Waals surface area contributed by atoms with E-state index in [1.54, 1.807) is 4.68 Å². The number of ether oxygens (including phenoxy) is 2. The average Bonchev–Trinajstić information content (AvgIpc) is 3.14. The Bertz CT molecular complexity index is 746. The van der Waals surface area contributed by atoms with Gasteiger partial charge in [0, 0.05) is 17.5 Å². The smallest absolute Gasteiger partial charge is 0.359 e. The number of methoxy groups -OCH3 is 2. The van der Waals surface area contributed by atoms with E-state index in [1.807, 2.05) is 17.7 Å². The Labute approximate surface area is 145 Å². The topological polar surface area (TPSA) is 70.4 Å². The van der Waals surface area contributed by atoms with Gasteiger partial charge in [-0.05, 0) is 30.2 Å². The zero-order valence-corrected chi connectivity index (χ0v) is 15.4. The summed E-state index contributed by atoms with van der Waals surface area (Å²) in [7, 11) is 2.56. The molecule has 0 spiro atoms. The maximum absolute atomic E-state index is 12.4. The highest BCUT2D eigenvalue weighted by Gasteiger charge is 2.30. The molecule has 130 valence electrons. The first-order valence-corrected chi connectivity index (χ1v) is 8.65. The van der Waals surface area contributed by atoms with Crippen LogP contribution in [0.25, 0.3) is 11.3 Å². The molecule has 0 unspecified atom stereocenters. The van der Waals surface area contributed by atoms with Gasteiger partial charge in [-0.3, -0.25) is 4.68 Å². The first-order valence-electron chi connectivity index (χ1n) is 7.71. The highest BCUT2D eigenvalue weighted by atomic mass is 32.1.